The molecule has 0 fully saturated rings. The van der Waals surface area contributed by atoms with Gasteiger partial charge in [-0.2, -0.15) is 0 Å². The Morgan fingerprint density at radius 3 is 2.83 bits per heavy atom. The molecule has 4 N–H and O–H groups in total. The lowest BCUT2D eigenvalue weighted by molar-refractivity contribution is 0.0952. The van der Waals surface area contributed by atoms with Crippen molar-refractivity contribution < 1.29 is 4.79 Å². The van der Waals surface area contributed by atoms with Crippen LogP contribution in [-0.2, 0) is 6.42 Å². The van der Waals surface area contributed by atoms with Gasteiger partial charge in [-0.15, -0.1) is 0 Å². The molecule has 0 radical (unpaired) electrons. The first-order valence-electron chi connectivity index (χ1n) is 5.25. The van der Waals surface area contributed by atoms with Crippen molar-refractivity contribution in [1.29, 1.82) is 0 Å². The normalized spacial score (nSPS) is 10.2. The molecule has 94 valence electrons. The largest absolute Gasteiger partial charge is 0.351 e. The van der Waals surface area contributed by atoms with Gasteiger partial charge in [-0.1, -0.05) is 0 Å². The van der Waals surface area contributed by atoms with Crippen LogP contribution in [0.5, 0.6) is 0 Å². The van der Waals surface area contributed by atoms with Gasteiger partial charge in [0.2, 0.25) is 0 Å². The van der Waals surface area contributed by atoms with Crippen molar-refractivity contribution in [3.05, 3.63) is 50.8 Å². The fourth-order valence-corrected chi connectivity index (χ4v) is 1.40. The molecule has 0 aliphatic rings. The van der Waals surface area contributed by atoms with Crippen LogP contribution in [0.15, 0.2) is 28.2 Å². The van der Waals surface area contributed by atoms with Crippen molar-refractivity contribution in [2.45, 2.75) is 6.42 Å². The van der Waals surface area contributed by atoms with E-state index in [9.17, 15) is 14.4 Å². The van der Waals surface area contributed by atoms with Crippen molar-refractivity contribution >= 4 is 5.91 Å². The molecule has 0 saturated heterocycles. The van der Waals surface area contributed by atoms with Gasteiger partial charge in [-0.25, -0.2) is 9.78 Å². The number of nitrogens with zero attached hydrogens (tertiary/aromatic N) is 1. The lowest BCUT2D eigenvalue weighted by Gasteiger charge is -2.02. The predicted octanol–water partition coefficient (Wildman–Crippen LogP) is -1.24. The number of amides is 1. The maximum atomic E-state index is 11.6. The third kappa shape index (κ3) is 2.73. The van der Waals surface area contributed by atoms with Crippen molar-refractivity contribution in [1.82, 2.24) is 25.3 Å². The van der Waals surface area contributed by atoms with Gasteiger partial charge in [0, 0.05) is 31.6 Å². The maximum Gasteiger partial charge on any atom is 0.325 e. The van der Waals surface area contributed by atoms with E-state index in [0.29, 0.717) is 13.0 Å². The number of rotatable bonds is 4. The summed E-state index contributed by atoms with van der Waals surface area (Å²) in [7, 11) is 0. The minimum atomic E-state index is -0.714. The minimum absolute atomic E-state index is 0.131. The Kier molecular flexibility index (Phi) is 3.37. The summed E-state index contributed by atoms with van der Waals surface area (Å²) in [6.45, 7) is 0.338. The van der Waals surface area contributed by atoms with E-state index in [-0.39, 0.29) is 5.56 Å². The van der Waals surface area contributed by atoms with Crippen molar-refractivity contribution in [3.8, 4) is 0 Å². The fourth-order valence-electron chi connectivity index (χ4n) is 1.40. The van der Waals surface area contributed by atoms with Crippen LogP contribution >= 0.6 is 0 Å². The summed E-state index contributed by atoms with van der Waals surface area (Å²) >= 11 is 0. The quantitative estimate of drug-likeness (QED) is 0.541. The van der Waals surface area contributed by atoms with Gasteiger partial charge in [0.25, 0.3) is 11.5 Å². The summed E-state index contributed by atoms with van der Waals surface area (Å²) in [5.74, 6) is 0.199. The Balaban J connectivity index is 1.95. The van der Waals surface area contributed by atoms with E-state index in [2.05, 4.69) is 20.3 Å². The average molecular weight is 249 g/mol. The highest BCUT2D eigenvalue weighted by Crippen LogP contribution is 1.89. The van der Waals surface area contributed by atoms with Crippen LogP contribution in [0.3, 0.4) is 0 Å². The van der Waals surface area contributed by atoms with Gasteiger partial charge in [0.1, 0.15) is 11.4 Å². The molecule has 2 heterocycles. The second-order valence-corrected chi connectivity index (χ2v) is 3.53. The van der Waals surface area contributed by atoms with Gasteiger partial charge in [0.05, 0.1) is 0 Å². The van der Waals surface area contributed by atoms with Crippen LogP contribution in [0, 0.1) is 0 Å². The molecule has 0 unspecified atom stereocenters. The second kappa shape index (κ2) is 5.13. The topological polar surface area (TPSA) is 123 Å². The van der Waals surface area contributed by atoms with E-state index < -0.39 is 17.2 Å². The highest BCUT2D eigenvalue weighted by Gasteiger charge is 2.10. The first-order chi connectivity index (χ1) is 8.66. The van der Waals surface area contributed by atoms with Crippen LogP contribution < -0.4 is 16.6 Å². The number of aromatic nitrogens is 4. The third-order valence-corrected chi connectivity index (χ3v) is 2.27. The summed E-state index contributed by atoms with van der Waals surface area (Å²) in [5, 5.41) is 2.56. The number of imidazole rings is 1. The molecule has 0 atom stereocenters. The second-order valence-electron chi connectivity index (χ2n) is 3.53. The Hall–Kier alpha value is -2.64. The van der Waals surface area contributed by atoms with E-state index >= 15 is 0 Å². The molecule has 0 saturated carbocycles. The lowest BCUT2D eigenvalue weighted by atomic mass is 10.3. The SMILES string of the molecule is O=C(NCCc1ncc[nH]1)c1c[nH]c(=O)[nH]c1=O. The standard InChI is InChI=1S/C10H11N5O3/c16-8(6-5-14-10(18)15-9(6)17)13-2-1-7-11-3-4-12-7/h3-5H,1-2H2,(H,11,12)(H,13,16)(H2,14,15,17,18). The highest BCUT2D eigenvalue weighted by molar-refractivity contribution is 5.93. The molecule has 0 bridgehead atoms. The van der Waals surface area contributed by atoms with Crippen LogP contribution in [-0.4, -0.2) is 32.4 Å². The minimum Gasteiger partial charge on any atom is -0.351 e. The lowest BCUT2D eigenvalue weighted by Crippen LogP contribution is -2.34. The predicted molar refractivity (Wildman–Crippen MR) is 62.3 cm³/mol. The Morgan fingerprint density at radius 1 is 1.33 bits per heavy atom. The number of nitrogens with one attached hydrogen (secondary N) is 4. The Bertz CT molecular complexity index is 640. The van der Waals surface area contributed by atoms with Crippen LogP contribution in [0.25, 0.3) is 0 Å². The van der Waals surface area contributed by atoms with E-state index in [1.54, 1.807) is 12.4 Å². The van der Waals surface area contributed by atoms with Gasteiger partial charge < -0.3 is 15.3 Å². The van der Waals surface area contributed by atoms with Crippen LogP contribution in [0.4, 0.5) is 0 Å². The van der Waals surface area contributed by atoms with Crippen LogP contribution in [0.2, 0.25) is 0 Å². The summed E-state index contributed by atoms with van der Waals surface area (Å²) in [6, 6.07) is 0. The number of hydrogen-bond donors (Lipinski definition) is 4. The molecule has 2 aromatic rings. The zero-order valence-corrected chi connectivity index (χ0v) is 9.32. The van der Waals surface area contributed by atoms with E-state index in [1.165, 1.54) is 0 Å². The Labute approximate surface area is 100 Å². The number of carbonyl (C=O) groups is 1. The molecular formula is C10H11N5O3. The van der Waals surface area contributed by atoms with Gasteiger partial charge in [-0.3, -0.25) is 14.6 Å². The molecule has 8 heteroatoms. The first kappa shape index (κ1) is 11.8. The molecule has 2 aromatic heterocycles. The van der Waals surface area contributed by atoms with E-state index in [1.807, 2.05) is 4.98 Å². The summed E-state index contributed by atoms with van der Waals surface area (Å²) in [5.41, 5.74) is -1.49. The summed E-state index contributed by atoms with van der Waals surface area (Å²) < 4.78 is 0. The summed E-state index contributed by atoms with van der Waals surface area (Å²) in [6.07, 6.45) is 4.91. The molecule has 0 aliphatic heterocycles. The average Bonchev–Trinajstić information content (AvgIpc) is 2.81. The monoisotopic (exact) mass is 249 g/mol. The molecule has 18 heavy (non-hydrogen) atoms. The molecule has 8 nitrogen and oxygen atoms in total. The third-order valence-electron chi connectivity index (χ3n) is 2.27. The van der Waals surface area contributed by atoms with Crippen LogP contribution in [0.1, 0.15) is 16.2 Å². The van der Waals surface area contributed by atoms with Crippen molar-refractivity contribution in [2.75, 3.05) is 6.54 Å². The fraction of sp³-hybridized carbons (Fsp3) is 0.200. The van der Waals surface area contributed by atoms with E-state index in [4.69, 9.17) is 0 Å². The van der Waals surface area contributed by atoms with Crippen molar-refractivity contribution in [3.63, 3.8) is 0 Å². The van der Waals surface area contributed by atoms with Crippen molar-refractivity contribution in [2.24, 2.45) is 0 Å². The zero-order valence-electron chi connectivity index (χ0n) is 9.32. The number of carbonyl (C=O) groups excluding carboxylic acids is 1. The highest BCUT2D eigenvalue weighted by atomic mass is 16.2. The molecule has 0 aliphatic carbocycles. The molecule has 0 aromatic carbocycles. The molecule has 0 spiro atoms. The maximum absolute atomic E-state index is 11.6. The first-order valence-corrected chi connectivity index (χ1v) is 5.25. The Morgan fingerprint density at radius 2 is 2.17 bits per heavy atom. The smallest absolute Gasteiger partial charge is 0.325 e. The van der Waals surface area contributed by atoms with Gasteiger partial charge >= 0.3 is 5.69 Å². The number of H-pyrrole nitrogens is 3. The van der Waals surface area contributed by atoms with Gasteiger partial charge in [-0.05, 0) is 0 Å². The van der Waals surface area contributed by atoms with Gasteiger partial charge in [0.15, 0.2) is 0 Å². The number of aromatic amines is 3. The molecule has 2 rings (SSSR count). The summed E-state index contributed by atoms with van der Waals surface area (Å²) in [4.78, 5) is 44.8. The zero-order chi connectivity index (χ0) is 13.0. The number of hydrogen-bond acceptors (Lipinski definition) is 4. The molecule has 1 amide bonds. The van der Waals surface area contributed by atoms with E-state index in [0.717, 1.165) is 12.0 Å². The molecular weight excluding hydrogens is 238 g/mol.